The molecular weight excluding hydrogens is 310 g/mol. The van der Waals surface area contributed by atoms with Crippen molar-refractivity contribution in [1.29, 1.82) is 5.26 Å². The van der Waals surface area contributed by atoms with Crippen LogP contribution in [0.4, 0.5) is 0 Å². The molecule has 1 atom stereocenters. The van der Waals surface area contributed by atoms with Gasteiger partial charge in [-0.15, -0.1) is 0 Å². The first-order chi connectivity index (χ1) is 10.7. The molecule has 0 bridgehead atoms. The standard InChI is InChI=1S/C17H25N3O2S/c1-12-10-13(2)16(5)17(15(12)4)23(21,22)20-8-6-19(7-9-20)14(3)11-18/h10,14H,6-9H2,1-5H3/t14-/m1/s1. The molecule has 1 aliphatic rings. The number of hydrogen-bond acceptors (Lipinski definition) is 4. The molecule has 0 spiro atoms. The van der Waals surface area contributed by atoms with Crippen LogP contribution in [-0.2, 0) is 10.0 Å². The van der Waals surface area contributed by atoms with Crippen molar-refractivity contribution < 1.29 is 8.42 Å². The minimum absolute atomic E-state index is 0.176. The molecule has 0 saturated carbocycles. The number of nitrogens with zero attached hydrogens (tertiary/aromatic N) is 3. The minimum Gasteiger partial charge on any atom is -0.286 e. The number of nitriles is 1. The van der Waals surface area contributed by atoms with Crippen molar-refractivity contribution in [2.45, 2.75) is 45.6 Å². The molecule has 1 heterocycles. The highest BCUT2D eigenvalue weighted by Crippen LogP contribution is 2.29. The maximum atomic E-state index is 13.1. The third-order valence-electron chi connectivity index (χ3n) is 4.90. The van der Waals surface area contributed by atoms with Crippen molar-refractivity contribution in [3.05, 3.63) is 28.3 Å². The summed E-state index contributed by atoms with van der Waals surface area (Å²) in [5.74, 6) is 0. The van der Waals surface area contributed by atoms with Gasteiger partial charge in [0, 0.05) is 26.2 Å². The fraction of sp³-hybridized carbons (Fsp3) is 0.588. The van der Waals surface area contributed by atoms with Gasteiger partial charge in [-0.3, -0.25) is 4.90 Å². The van der Waals surface area contributed by atoms with E-state index in [1.165, 1.54) is 0 Å². The quantitative estimate of drug-likeness (QED) is 0.849. The van der Waals surface area contributed by atoms with Gasteiger partial charge in [0.1, 0.15) is 0 Å². The highest BCUT2D eigenvalue weighted by molar-refractivity contribution is 7.89. The molecule has 0 aromatic heterocycles. The molecule has 23 heavy (non-hydrogen) atoms. The molecule has 1 fully saturated rings. The van der Waals surface area contributed by atoms with E-state index in [0.717, 1.165) is 22.3 Å². The van der Waals surface area contributed by atoms with E-state index < -0.39 is 10.0 Å². The topological polar surface area (TPSA) is 64.4 Å². The van der Waals surface area contributed by atoms with Crippen molar-refractivity contribution in [3.63, 3.8) is 0 Å². The van der Waals surface area contributed by atoms with Gasteiger partial charge >= 0.3 is 0 Å². The Labute approximate surface area is 139 Å². The van der Waals surface area contributed by atoms with Crippen LogP contribution >= 0.6 is 0 Å². The second kappa shape index (κ2) is 6.60. The summed E-state index contributed by atoms with van der Waals surface area (Å²) in [4.78, 5) is 2.48. The first-order valence-corrected chi connectivity index (χ1v) is 9.35. The maximum absolute atomic E-state index is 13.1. The average molecular weight is 335 g/mol. The zero-order chi connectivity index (χ0) is 17.4. The van der Waals surface area contributed by atoms with Crippen LogP contribution in [0.25, 0.3) is 0 Å². The summed E-state index contributed by atoms with van der Waals surface area (Å²) in [6.07, 6.45) is 0. The van der Waals surface area contributed by atoms with Crippen LogP contribution in [0, 0.1) is 39.0 Å². The normalized spacial score (nSPS) is 18.6. The van der Waals surface area contributed by atoms with Crippen LogP contribution in [0.2, 0.25) is 0 Å². The lowest BCUT2D eigenvalue weighted by molar-refractivity contribution is 0.169. The fourth-order valence-electron chi connectivity index (χ4n) is 3.11. The van der Waals surface area contributed by atoms with Crippen LogP contribution in [-0.4, -0.2) is 49.8 Å². The van der Waals surface area contributed by atoms with E-state index in [0.29, 0.717) is 31.1 Å². The van der Waals surface area contributed by atoms with Gasteiger partial charge in [0.15, 0.2) is 0 Å². The molecule has 1 aromatic carbocycles. The van der Waals surface area contributed by atoms with E-state index in [-0.39, 0.29) is 6.04 Å². The van der Waals surface area contributed by atoms with Crippen molar-refractivity contribution >= 4 is 10.0 Å². The van der Waals surface area contributed by atoms with Crippen molar-refractivity contribution in [2.24, 2.45) is 0 Å². The Kier molecular flexibility index (Phi) is 5.14. The Balaban J connectivity index is 2.34. The van der Waals surface area contributed by atoms with Crippen molar-refractivity contribution in [1.82, 2.24) is 9.21 Å². The zero-order valence-corrected chi connectivity index (χ0v) is 15.4. The summed E-state index contributed by atoms with van der Waals surface area (Å²) >= 11 is 0. The van der Waals surface area contributed by atoms with E-state index in [4.69, 9.17) is 5.26 Å². The molecule has 1 aromatic rings. The first-order valence-electron chi connectivity index (χ1n) is 7.91. The lowest BCUT2D eigenvalue weighted by Gasteiger charge is -2.35. The number of benzene rings is 1. The molecule has 0 N–H and O–H groups in total. The fourth-order valence-corrected chi connectivity index (χ4v) is 5.11. The lowest BCUT2D eigenvalue weighted by atomic mass is 10.0. The van der Waals surface area contributed by atoms with Gasteiger partial charge in [-0.2, -0.15) is 9.57 Å². The van der Waals surface area contributed by atoms with E-state index in [1.807, 2.05) is 45.6 Å². The Morgan fingerprint density at radius 1 is 1.04 bits per heavy atom. The molecule has 6 heteroatoms. The molecule has 5 nitrogen and oxygen atoms in total. The highest BCUT2D eigenvalue weighted by Gasteiger charge is 2.32. The van der Waals surface area contributed by atoms with Gasteiger partial charge < -0.3 is 0 Å². The van der Waals surface area contributed by atoms with E-state index >= 15 is 0 Å². The summed E-state index contributed by atoms with van der Waals surface area (Å²) in [6.45, 7) is 11.6. The third kappa shape index (κ3) is 3.27. The number of piperazine rings is 1. The summed E-state index contributed by atoms with van der Waals surface area (Å²) in [5, 5.41) is 9.00. The number of sulfonamides is 1. The van der Waals surface area contributed by atoms with Crippen LogP contribution in [0.1, 0.15) is 29.2 Å². The van der Waals surface area contributed by atoms with Crippen LogP contribution in [0.15, 0.2) is 11.0 Å². The van der Waals surface area contributed by atoms with Crippen LogP contribution in [0.5, 0.6) is 0 Å². The van der Waals surface area contributed by atoms with Crippen LogP contribution < -0.4 is 0 Å². The molecule has 0 amide bonds. The van der Waals surface area contributed by atoms with E-state index in [2.05, 4.69) is 6.07 Å². The van der Waals surface area contributed by atoms with Gasteiger partial charge in [-0.25, -0.2) is 8.42 Å². The molecule has 126 valence electrons. The summed E-state index contributed by atoms with van der Waals surface area (Å²) in [6, 6.07) is 4.07. The lowest BCUT2D eigenvalue weighted by Crippen LogP contribution is -2.51. The first kappa shape index (κ1) is 17.9. The third-order valence-corrected chi connectivity index (χ3v) is 7.08. The summed E-state index contributed by atoms with van der Waals surface area (Å²) in [5.41, 5.74) is 3.67. The smallest absolute Gasteiger partial charge is 0.243 e. The van der Waals surface area contributed by atoms with Gasteiger partial charge in [-0.1, -0.05) is 6.07 Å². The van der Waals surface area contributed by atoms with Gasteiger partial charge in [0.2, 0.25) is 10.0 Å². The minimum atomic E-state index is -3.50. The summed E-state index contributed by atoms with van der Waals surface area (Å²) in [7, 11) is -3.50. The van der Waals surface area contributed by atoms with Crippen LogP contribution in [0.3, 0.4) is 0 Å². The van der Waals surface area contributed by atoms with Gasteiger partial charge in [0.25, 0.3) is 0 Å². The maximum Gasteiger partial charge on any atom is 0.243 e. The SMILES string of the molecule is Cc1cc(C)c(C)c(S(=O)(=O)N2CCN([C@H](C)C#N)CC2)c1C. The Bertz CT molecular complexity index is 716. The largest absolute Gasteiger partial charge is 0.286 e. The van der Waals surface area contributed by atoms with Gasteiger partial charge in [0.05, 0.1) is 17.0 Å². The van der Waals surface area contributed by atoms with E-state index in [9.17, 15) is 8.42 Å². The number of hydrogen-bond donors (Lipinski definition) is 0. The predicted octanol–water partition coefficient (Wildman–Crippen LogP) is 2.14. The molecule has 0 unspecified atom stereocenters. The predicted molar refractivity (Wildman–Crippen MR) is 90.8 cm³/mol. The number of rotatable bonds is 3. The van der Waals surface area contributed by atoms with Gasteiger partial charge in [-0.05, 0) is 56.9 Å². The molecule has 1 aliphatic heterocycles. The summed E-state index contributed by atoms with van der Waals surface area (Å²) < 4.78 is 27.8. The Hall–Kier alpha value is -1.42. The van der Waals surface area contributed by atoms with Crippen molar-refractivity contribution in [3.8, 4) is 6.07 Å². The molecule has 0 radical (unpaired) electrons. The monoisotopic (exact) mass is 335 g/mol. The highest BCUT2D eigenvalue weighted by atomic mass is 32.2. The molecule has 1 saturated heterocycles. The number of aryl methyl sites for hydroxylation is 2. The van der Waals surface area contributed by atoms with Crippen molar-refractivity contribution in [2.75, 3.05) is 26.2 Å². The molecule has 0 aliphatic carbocycles. The Morgan fingerprint density at radius 2 is 1.52 bits per heavy atom. The molecule has 2 rings (SSSR count). The second-order valence-electron chi connectivity index (χ2n) is 6.33. The van der Waals surface area contributed by atoms with E-state index in [1.54, 1.807) is 4.31 Å². The zero-order valence-electron chi connectivity index (χ0n) is 14.5. The molecular formula is C17H25N3O2S. The Morgan fingerprint density at radius 3 is 1.96 bits per heavy atom. The average Bonchev–Trinajstić information content (AvgIpc) is 2.52. The second-order valence-corrected chi connectivity index (χ2v) is 8.21.